The molecule has 70 valence electrons. The molecule has 1 aromatic carbocycles. The van der Waals surface area contributed by atoms with Crippen molar-refractivity contribution in [3.63, 3.8) is 0 Å². The van der Waals surface area contributed by atoms with Crippen molar-refractivity contribution < 1.29 is 12.9 Å². The van der Waals surface area contributed by atoms with Crippen LogP contribution in [0.3, 0.4) is 0 Å². The second-order valence-corrected chi connectivity index (χ2v) is 2.86. The van der Waals surface area contributed by atoms with Crippen LogP contribution in [0.1, 0.15) is 11.1 Å². The molecule has 0 spiro atoms. The molecule has 1 rings (SSSR count). The van der Waals surface area contributed by atoms with Crippen molar-refractivity contribution in [3.05, 3.63) is 42.0 Å². The van der Waals surface area contributed by atoms with Gasteiger partial charge in [0.2, 0.25) is 0 Å². The van der Waals surface area contributed by atoms with E-state index in [1.54, 1.807) is 18.2 Å². The summed E-state index contributed by atoms with van der Waals surface area (Å²) in [4.78, 5) is 0. The second-order valence-electron chi connectivity index (χ2n) is 2.86. The third kappa shape index (κ3) is 3.36. The third-order valence-corrected chi connectivity index (χ3v) is 1.68. The Morgan fingerprint density at radius 1 is 1.15 bits per heavy atom. The number of hydrogen-bond acceptors (Lipinski definition) is 0. The first-order chi connectivity index (χ1) is 6.01. The first-order valence-corrected chi connectivity index (χ1v) is 3.93. The van der Waals surface area contributed by atoms with Gasteiger partial charge < -0.3 is 12.9 Å². The van der Waals surface area contributed by atoms with E-state index in [0.717, 1.165) is 5.56 Å². The molecule has 0 radical (unpaired) electrons. The van der Waals surface area contributed by atoms with Gasteiger partial charge in [0.1, 0.15) is 0 Å². The molecule has 0 aliphatic heterocycles. The van der Waals surface area contributed by atoms with Crippen LogP contribution in [-0.2, 0) is 6.32 Å². The van der Waals surface area contributed by atoms with E-state index in [2.05, 4.69) is 6.58 Å². The van der Waals surface area contributed by atoms with Gasteiger partial charge in [0.05, 0.1) is 0 Å². The maximum atomic E-state index is 12.0. The van der Waals surface area contributed by atoms with Crippen molar-refractivity contribution in [2.24, 2.45) is 0 Å². The minimum atomic E-state index is -4.72. The summed E-state index contributed by atoms with van der Waals surface area (Å²) in [5.74, 6) is 0. The topological polar surface area (TPSA) is 0 Å². The summed E-state index contributed by atoms with van der Waals surface area (Å²) < 4.78 is 35.9. The number of halogens is 3. The summed E-state index contributed by atoms with van der Waals surface area (Å²) in [6.07, 6.45) is 0.792. The van der Waals surface area contributed by atoms with Crippen LogP contribution in [0.25, 0.3) is 6.08 Å². The first kappa shape index (κ1) is 9.90. The Labute approximate surface area is 75.1 Å². The van der Waals surface area contributed by atoms with Crippen LogP contribution in [0, 0.1) is 0 Å². The highest BCUT2D eigenvalue weighted by molar-refractivity contribution is 6.57. The van der Waals surface area contributed by atoms with E-state index in [4.69, 9.17) is 0 Å². The zero-order chi connectivity index (χ0) is 9.90. The maximum Gasteiger partial charge on any atom is 0.482 e. The second kappa shape index (κ2) is 3.68. The molecule has 13 heavy (non-hydrogen) atoms. The predicted molar refractivity (Wildman–Crippen MR) is 49.3 cm³/mol. The summed E-state index contributed by atoms with van der Waals surface area (Å²) in [7, 11) is 0. The first-order valence-electron chi connectivity index (χ1n) is 3.93. The summed E-state index contributed by atoms with van der Waals surface area (Å²) >= 11 is 0. The van der Waals surface area contributed by atoms with Crippen molar-refractivity contribution in [2.75, 3.05) is 0 Å². The van der Waals surface area contributed by atoms with Crippen LogP contribution >= 0.6 is 0 Å². The highest BCUT2D eigenvalue weighted by Gasteiger charge is 2.22. The molecule has 0 amide bonds. The zero-order valence-corrected chi connectivity index (χ0v) is 7.01. The van der Waals surface area contributed by atoms with Gasteiger partial charge in [-0.05, 0) is 5.56 Å². The molecule has 4 heteroatoms. The maximum absolute atomic E-state index is 12.0. The van der Waals surface area contributed by atoms with E-state index in [1.807, 2.05) is 0 Å². The molecule has 0 heterocycles. The van der Waals surface area contributed by atoms with E-state index >= 15 is 0 Å². The fraction of sp³-hybridized carbons (Fsp3) is 0.111. The lowest BCUT2D eigenvalue weighted by molar-refractivity contribution is 0.468. The van der Waals surface area contributed by atoms with Gasteiger partial charge in [0.25, 0.3) is 0 Å². The molecule has 0 aliphatic rings. The largest absolute Gasteiger partial charge is 0.482 e. The fourth-order valence-electron chi connectivity index (χ4n) is 1.06. The molecule has 0 atom stereocenters. The van der Waals surface area contributed by atoms with Gasteiger partial charge in [-0.25, -0.2) is 0 Å². The molecular weight excluding hydrogens is 176 g/mol. The van der Waals surface area contributed by atoms with Crippen LogP contribution < -0.4 is 0 Å². The standard InChI is InChI=1S/C9H9BF3/c1-2-8-3-5-9(6-4-8)7-10(11,12)13/h2-6H,1,7H2/q-1. The van der Waals surface area contributed by atoms with Gasteiger partial charge in [0, 0.05) is 0 Å². The summed E-state index contributed by atoms with van der Waals surface area (Å²) in [5.41, 5.74) is 1.14. The van der Waals surface area contributed by atoms with Crippen molar-refractivity contribution in [2.45, 2.75) is 6.32 Å². The van der Waals surface area contributed by atoms with Crippen molar-refractivity contribution in [3.8, 4) is 0 Å². The molecule has 0 nitrogen and oxygen atoms in total. The minimum absolute atomic E-state index is 0.304. The average Bonchev–Trinajstić information content (AvgIpc) is 2.03. The van der Waals surface area contributed by atoms with Crippen LogP contribution in [0.15, 0.2) is 30.8 Å². The lowest BCUT2D eigenvalue weighted by Crippen LogP contribution is -2.19. The van der Waals surface area contributed by atoms with Gasteiger partial charge in [-0.15, -0.1) is 0 Å². The van der Waals surface area contributed by atoms with Crippen molar-refractivity contribution >= 4 is 13.1 Å². The van der Waals surface area contributed by atoms with Crippen molar-refractivity contribution in [1.29, 1.82) is 0 Å². The minimum Gasteiger partial charge on any atom is -0.449 e. The molecule has 0 unspecified atom stereocenters. The van der Waals surface area contributed by atoms with Crippen LogP contribution in [-0.4, -0.2) is 6.98 Å². The molecule has 0 saturated carbocycles. The molecule has 0 aliphatic carbocycles. The van der Waals surface area contributed by atoms with E-state index in [9.17, 15) is 12.9 Å². The lowest BCUT2D eigenvalue weighted by atomic mass is 9.82. The Kier molecular flexibility index (Phi) is 2.81. The Morgan fingerprint density at radius 3 is 2.08 bits per heavy atom. The van der Waals surface area contributed by atoms with E-state index in [1.165, 1.54) is 12.1 Å². The average molecular weight is 185 g/mol. The molecule has 0 bridgehead atoms. The van der Waals surface area contributed by atoms with Crippen LogP contribution in [0.2, 0.25) is 0 Å². The van der Waals surface area contributed by atoms with Crippen molar-refractivity contribution in [1.82, 2.24) is 0 Å². The third-order valence-electron chi connectivity index (χ3n) is 1.68. The van der Waals surface area contributed by atoms with Crippen LogP contribution in [0.5, 0.6) is 0 Å². The lowest BCUT2D eigenvalue weighted by Gasteiger charge is -2.13. The van der Waals surface area contributed by atoms with Gasteiger partial charge in [0.15, 0.2) is 0 Å². The Hall–Kier alpha value is -1.19. The highest BCUT2D eigenvalue weighted by Crippen LogP contribution is 2.16. The van der Waals surface area contributed by atoms with Gasteiger partial charge >= 0.3 is 6.98 Å². The SMILES string of the molecule is C=Cc1ccc(C[B-](F)(F)F)cc1. The predicted octanol–water partition coefficient (Wildman–Crippen LogP) is 3.26. The van der Waals surface area contributed by atoms with Crippen LogP contribution in [0.4, 0.5) is 12.9 Å². The summed E-state index contributed by atoms with van der Waals surface area (Å²) in [6, 6.07) is 6.22. The van der Waals surface area contributed by atoms with Gasteiger partial charge in [-0.1, -0.05) is 48.8 Å². The Morgan fingerprint density at radius 2 is 1.69 bits per heavy atom. The number of hydrogen-bond donors (Lipinski definition) is 0. The Balaban J connectivity index is 2.75. The summed E-state index contributed by atoms with van der Waals surface area (Å²) in [5, 5.41) is 0. The molecular formula is C9H9BF3-. The van der Waals surface area contributed by atoms with Gasteiger partial charge in [-0.2, -0.15) is 0 Å². The van der Waals surface area contributed by atoms with E-state index < -0.39 is 13.3 Å². The van der Waals surface area contributed by atoms with Gasteiger partial charge in [-0.3, -0.25) is 0 Å². The highest BCUT2D eigenvalue weighted by atomic mass is 19.4. The number of rotatable bonds is 3. The molecule has 0 fully saturated rings. The summed E-state index contributed by atoms with van der Waals surface area (Å²) in [6.45, 7) is -1.21. The quantitative estimate of drug-likeness (QED) is 0.634. The molecule has 0 saturated heterocycles. The molecule has 1 aromatic rings. The fourth-order valence-corrected chi connectivity index (χ4v) is 1.06. The zero-order valence-electron chi connectivity index (χ0n) is 7.01. The van der Waals surface area contributed by atoms with E-state index in [0.29, 0.717) is 5.56 Å². The molecule has 0 N–H and O–H groups in total. The normalized spacial score (nSPS) is 11.3. The smallest absolute Gasteiger partial charge is 0.449 e. The number of benzene rings is 1. The molecule has 0 aromatic heterocycles. The Bertz CT molecular complexity index is 287. The van der Waals surface area contributed by atoms with E-state index in [-0.39, 0.29) is 0 Å². The monoisotopic (exact) mass is 185 g/mol.